The van der Waals surface area contributed by atoms with Crippen LogP contribution in [-0.4, -0.2) is 58.0 Å². The SMILES string of the molecule is CS(=O)(=O)OCC1CN(c2ccc(C3=CCN(Cc4ccccc4)CC3)c(F)c2)C(=O)O1. The number of hydrogen-bond donors (Lipinski definition) is 0. The molecule has 0 radical (unpaired) electrons. The number of carbonyl (C=O) groups excluding carboxylic acids is 1. The Bertz CT molecular complexity index is 1120. The Morgan fingerprint density at radius 1 is 1.19 bits per heavy atom. The molecule has 2 aromatic carbocycles. The Hall–Kier alpha value is -2.75. The fraction of sp³-hybridized carbons (Fsp3) is 0.348. The quantitative estimate of drug-likeness (QED) is 0.590. The molecule has 0 N–H and O–H groups in total. The first-order valence-corrected chi connectivity index (χ1v) is 12.2. The van der Waals surface area contributed by atoms with Crippen LogP contribution in [0.4, 0.5) is 14.9 Å². The lowest BCUT2D eigenvalue weighted by Gasteiger charge is -2.27. The van der Waals surface area contributed by atoms with Crippen LogP contribution < -0.4 is 4.90 Å². The number of carbonyl (C=O) groups is 1. The fourth-order valence-electron chi connectivity index (χ4n) is 3.89. The van der Waals surface area contributed by atoms with Gasteiger partial charge in [-0.2, -0.15) is 8.42 Å². The maximum atomic E-state index is 14.9. The van der Waals surface area contributed by atoms with E-state index in [1.165, 1.54) is 16.5 Å². The summed E-state index contributed by atoms with van der Waals surface area (Å²) in [6, 6.07) is 14.9. The third-order valence-electron chi connectivity index (χ3n) is 5.49. The van der Waals surface area contributed by atoms with Crippen LogP contribution in [0.1, 0.15) is 17.5 Å². The monoisotopic (exact) mass is 460 g/mol. The average molecular weight is 461 g/mol. The standard InChI is InChI=1S/C23H25FN2O5S/c1-32(28,29)30-16-20-15-26(23(27)31-20)19-7-8-21(22(24)13-19)18-9-11-25(12-10-18)14-17-5-3-2-4-6-17/h2-9,13,20H,10-12,14-16H2,1H3. The number of rotatable bonds is 7. The first-order chi connectivity index (χ1) is 15.3. The summed E-state index contributed by atoms with van der Waals surface area (Å²) in [5, 5.41) is 0. The fourth-order valence-corrected chi connectivity index (χ4v) is 4.29. The molecule has 2 aliphatic heterocycles. The van der Waals surface area contributed by atoms with Gasteiger partial charge in [0.2, 0.25) is 0 Å². The zero-order valence-electron chi connectivity index (χ0n) is 17.7. The molecule has 0 aromatic heterocycles. The van der Waals surface area contributed by atoms with E-state index in [9.17, 15) is 17.6 Å². The maximum Gasteiger partial charge on any atom is 0.414 e. The minimum atomic E-state index is -3.64. The molecular weight excluding hydrogens is 435 g/mol. The Morgan fingerprint density at radius 2 is 1.97 bits per heavy atom. The Labute approximate surface area is 187 Å². The molecule has 4 rings (SSSR count). The second-order valence-corrected chi connectivity index (χ2v) is 9.61. The van der Waals surface area contributed by atoms with E-state index in [0.717, 1.165) is 37.9 Å². The predicted molar refractivity (Wildman–Crippen MR) is 119 cm³/mol. The molecule has 1 saturated heterocycles. The molecule has 170 valence electrons. The van der Waals surface area contributed by atoms with Gasteiger partial charge in [-0.1, -0.05) is 36.4 Å². The van der Waals surface area contributed by atoms with E-state index in [4.69, 9.17) is 8.92 Å². The first kappa shape index (κ1) is 22.4. The minimum absolute atomic E-state index is 0.0876. The van der Waals surface area contributed by atoms with Crippen molar-refractivity contribution in [3.63, 3.8) is 0 Å². The van der Waals surface area contributed by atoms with Crippen molar-refractivity contribution in [3.8, 4) is 0 Å². The number of hydrogen-bond acceptors (Lipinski definition) is 6. The molecule has 1 fully saturated rings. The van der Waals surface area contributed by atoms with Crippen molar-refractivity contribution >= 4 is 27.5 Å². The van der Waals surface area contributed by atoms with Gasteiger partial charge in [0.15, 0.2) is 0 Å². The van der Waals surface area contributed by atoms with Gasteiger partial charge < -0.3 is 4.74 Å². The highest BCUT2D eigenvalue weighted by molar-refractivity contribution is 7.85. The van der Waals surface area contributed by atoms with Crippen LogP contribution in [0, 0.1) is 5.82 Å². The van der Waals surface area contributed by atoms with Crippen molar-refractivity contribution in [3.05, 3.63) is 71.6 Å². The lowest BCUT2D eigenvalue weighted by atomic mass is 9.98. The van der Waals surface area contributed by atoms with Gasteiger partial charge in [-0.3, -0.25) is 14.0 Å². The highest BCUT2D eigenvalue weighted by Gasteiger charge is 2.33. The molecule has 0 bridgehead atoms. The topological polar surface area (TPSA) is 76.2 Å². The molecule has 2 aliphatic rings. The molecule has 1 amide bonds. The zero-order chi connectivity index (χ0) is 22.7. The number of halogens is 1. The number of amides is 1. The molecule has 0 spiro atoms. The van der Waals surface area contributed by atoms with Crippen LogP contribution in [0.3, 0.4) is 0 Å². The number of cyclic esters (lactones) is 1. The molecule has 1 atom stereocenters. The van der Waals surface area contributed by atoms with Crippen LogP contribution in [0.15, 0.2) is 54.6 Å². The van der Waals surface area contributed by atoms with Gasteiger partial charge in [-0.25, -0.2) is 9.18 Å². The second kappa shape index (κ2) is 9.40. The highest BCUT2D eigenvalue weighted by atomic mass is 32.2. The molecule has 7 nitrogen and oxygen atoms in total. The smallest absolute Gasteiger partial charge is 0.414 e. The normalized spacial score (nSPS) is 19.7. The summed E-state index contributed by atoms with van der Waals surface area (Å²) in [6.45, 7) is 2.25. The van der Waals surface area contributed by atoms with Gasteiger partial charge in [0.1, 0.15) is 18.5 Å². The van der Waals surface area contributed by atoms with Crippen molar-refractivity contribution in [2.24, 2.45) is 0 Å². The maximum absolute atomic E-state index is 14.9. The Morgan fingerprint density at radius 3 is 2.62 bits per heavy atom. The van der Waals surface area contributed by atoms with Gasteiger partial charge in [0, 0.05) is 25.2 Å². The number of anilines is 1. The number of ether oxygens (including phenoxy) is 1. The van der Waals surface area contributed by atoms with Crippen molar-refractivity contribution in [2.45, 2.75) is 19.1 Å². The van der Waals surface area contributed by atoms with E-state index < -0.39 is 28.1 Å². The minimum Gasteiger partial charge on any atom is -0.441 e. The Balaban J connectivity index is 1.40. The van der Waals surface area contributed by atoms with Gasteiger partial charge in [0.05, 0.1) is 18.5 Å². The molecule has 1 unspecified atom stereocenters. The summed E-state index contributed by atoms with van der Waals surface area (Å²) in [5.74, 6) is -0.408. The van der Waals surface area contributed by atoms with Crippen LogP contribution in [0.2, 0.25) is 0 Å². The van der Waals surface area contributed by atoms with Crippen molar-refractivity contribution in [1.82, 2.24) is 4.90 Å². The van der Waals surface area contributed by atoms with Crippen LogP contribution in [-0.2, 0) is 25.6 Å². The molecule has 0 aliphatic carbocycles. The van der Waals surface area contributed by atoms with Crippen LogP contribution >= 0.6 is 0 Å². The van der Waals surface area contributed by atoms with Crippen molar-refractivity contribution in [1.29, 1.82) is 0 Å². The van der Waals surface area contributed by atoms with Gasteiger partial charge in [-0.05, 0) is 35.8 Å². The first-order valence-electron chi connectivity index (χ1n) is 10.4. The summed E-state index contributed by atoms with van der Waals surface area (Å²) in [4.78, 5) is 15.7. The highest BCUT2D eigenvalue weighted by Crippen LogP contribution is 2.30. The Kier molecular flexibility index (Phi) is 6.59. The van der Waals surface area contributed by atoms with Crippen LogP contribution in [0.5, 0.6) is 0 Å². The summed E-state index contributed by atoms with van der Waals surface area (Å²) in [7, 11) is -3.64. The lowest BCUT2D eigenvalue weighted by Crippen LogP contribution is -2.28. The van der Waals surface area contributed by atoms with Gasteiger partial charge in [0.25, 0.3) is 10.1 Å². The van der Waals surface area contributed by atoms with Gasteiger partial charge in [-0.15, -0.1) is 0 Å². The number of nitrogens with zero attached hydrogens (tertiary/aromatic N) is 2. The summed E-state index contributed by atoms with van der Waals surface area (Å²) in [5.41, 5.74) is 3.08. The van der Waals surface area contributed by atoms with E-state index in [1.54, 1.807) is 12.1 Å². The lowest BCUT2D eigenvalue weighted by molar-refractivity contribution is 0.107. The summed E-state index contributed by atoms with van der Waals surface area (Å²) in [6.07, 6.45) is 2.31. The zero-order valence-corrected chi connectivity index (χ0v) is 18.6. The van der Waals surface area contributed by atoms with E-state index >= 15 is 0 Å². The number of benzene rings is 2. The van der Waals surface area contributed by atoms with Crippen molar-refractivity contribution in [2.75, 3.05) is 37.4 Å². The largest absolute Gasteiger partial charge is 0.441 e. The van der Waals surface area contributed by atoms with E-state index in [2.05, 4.69) is 17.0 Å². The molecule has 32 heavy (non-hydrogen) atoms. The second-order valence-electron chi connectivity index (χ2n) is 7.97. The third kappa shape index (κ3) is 5.53. The molecule has 2 heterocycles. The summed E-state index contributed by atoms with van der Waals surface area (Å²) < 4.78 is 47.0. The predicted octanol–water partition coefficient (Wildman–Crippen LogP) is 3.42. The average Bonchev–Trinajstić information content (AvgIpc) is 3.14. The molecule has 9 heteroatoms. The molecular formula is C23H25FN2O5S. The van der Waals surface area contributed by atoms with Crippen molar-refractivity contribution < 1.29 is 26.5 Å². The third-order valence-corrected chi connectivity index (χ3v) is 6.06. The van der Waals surface area contributed by atoms with E-state index in [1.807, 2.05) is 24.3 Å². The van der Waals surface area contributed by atoms with E-state index in [-0.39, 0.29) is 13.2 Å². The van der Waals surface area contributed by atoms with Crippen LogP contribution in [0.25, 0.3) is 5.57 Å². The molecule has 2 aromatic rings. The molecule has 0 saturated carbocycles. The summed E-state index contributed by atoms with van der Waals surface area (Å²) >= 11 is 0. The van der Waals surface area contributed by atoms with E-state index in [0.29, 0.717) is 11.3 Å². The van der Waals surface area contributed by atoms with Gasteiger partial charge >= 0.3 is 6.09 Å².